The van der Waals surface area contributed by atoms with Gasteiger partial charge in [0.2, 0.25) is 11.9 Å². The molecule has 0 aromatic carbocycles. The number of hydrogen-bond acceptors (Lipinski definition) is 8. The van der Waals surface area contributed by atoms with Crippen molar-refractivity contribution in [1.82, 2.24) is 19.8 Å². The summed E-state index contributed by atoms with van der Waals surface area (Å²) in [4.78, 5) is 49.3. The molecule has 2 atom stereocenters. The van der Waals surface area contributed by atoms with E-state index >= 15 is 0 Å². The second kappa shape index (κ2) is 7.82. The number of aliphatic carboxylic acids is 1. The van der Waals surface area contributed by atoms with Crippen LogP contribution in [0.5, 0.6) is 0 Å². The Bertz CT molecular complexity index is 805. The quantitative estimate of drug-likeness (QED) is 0.730. The van der Waals surface area contributed by atoms with Crippen LogP contribution in [0.1, 0.15) is 24.6 Å². The summed E-state index contributed by atoms with van der Waals surface area (Å²) >= 11 is 0. The zero-order valence-corrected chi connectivity index (χ0v) is 16.1. The first-order valence-corrected chi connectivity index (χ1v) is 9.55. The van der Waals surface area contributed by atoms with Gasteiger partial charge in [0.05, 0.1) is 38.5 Å². The molecule has 11 heteroatoms. The van der Waals surface area contributed by atoms with Gasteiger partial charge in [-0.05, 0) is 0 Å². The number of rotatable bonds is 3. The maximum absolute atomic E-state index is 12.6. The van der Waals surface area contributed by atoms with Crippen molar-refractivity contribution in [1.29, 1.82) is 0 Å². The lowest BCUT2D eigenvalue weighted by molar-refractivity contribution is -0.147. The smallest absolute Gasteiger partial charge is 0.410 e. The molecular formula is C18H23N5O6. The van der Waals surface area contributed by atoms with Crippen molar-refractivity contribution in [3.05, 3.63) is 17.5 Å². The van der Waals surface area contributed by atoms with Crippen molar-refractivity contribution >= 4 is 23.9 Å². The Hall–Kier alpha value is -2.95. The number of anilines is 1. The first-order chi connectivity index (χ1) is 13.9. The Labute approximate surface area is 167 Å². The lowest BCUT2D eigenvalue weighted by Crippen LogP contribution is -2.39. The molecule has 0 radical (unpaired) electrons. The Morgan fingerprint density at radius 1 is 1.24 bits per heavy atom. The highest BCUT2D eigenvalue weighted by atomic mass is 16.6. The SMILES string of the molecule is CC(=O)N1C[C@H](OC(=O)N2Cc3cnc(N4CCOCC4)nc3C2)C[C@H]1C(=O)O. The molecule has 0 spiro atoms. The minimum Gasteiger partial charge on any atom is -0.480 e. The van der Waals surface area contributed by atoms with E-state index in [9.17, 15) is 19.5 Å². The van der Waals surface area contributed by atoms with Crippen molar-refractivity contribution in [3.63, 3.8) is 0 Å². The molecule has 1 aromatic rings. The molecule has 4 heterocycles. The normalized spacial score (nSPS) is 23.8. The first-order valence-electron chi connectivity index (χ1n) is 9.55. The van der Waals surface area contributed by atoms with Gasteiger partial charge in [0.1, 0.15) is 12.1 Å². The molecule has 156 valence electrons. The molecule has 0 unspecified atom stereocenters. The average Bonchev–Trinajstić information content (AvgIpc) is 3.32. The van der Waals surface area contributed by atoms with Gasteiger partial charge in [-0.1, -0.05) is 0 Å². The van der Waals surface area contributed by atoms with Gasteiger partial charge in [-0.3, -0.25) is 9.69 Å². The zero-order valence-electron chi connectivity index (χ0n) is 16.1. The number of likely N-dealkylation sites (tertiary alicyclic amines) is 1. The molecule has 1 aromatic heterocycles. The summed E-state index contributed by atoms with van der Waals surface area (Å²) in [7, 11) is 0. The maximum Gasteiger partial charge on any atom is 0.410 e. The number of hydrogen-bond donors (Lipinski definition) is 1. The lowest BCUT2D eigenvalue weighted by atomic mass is 10.2. The predicted octanol–water partition coefficient (Wildman–Crippen LogP) is -0.161. The fourth-order valence-electron chi connectivity index (χ4n) is 3.87. The maximum atomic E-state index is 12.6. The van der Waals surface area contributed by atoms with Crippen LogP contribution in [0.15, 0.2) is 6.20 Å². The Morgan fingerprint density at radius 2 is 2.00 bits per heavy atom. The summed E-state index contributed by atoms with van der Waals surface area (Å²) in [5.41, 5.74) is 1.64. The van der Waals surface area contributed by atoms with Gasteiger partial charge in [0, 0.05) is 38.2 Å². The van der Waals surface area contributed by atoms with Crippen molar-refractivity contribution in [2.45, 2.75) is 38.6 Å². The summed E-state index contributed by atoms with van der Waals surface area (Å²) in [6, 6.07) is -0.969. The molecular weight excluding hydrogens is 382 g/mol. The fourth-order valence-corrected chi connectivity index (χ4v) is 3.87. The van der Waals surface area contributed by atoms with E-state index in [1.54, 1.807) is 6.20 Å². The van der Waals surface area contributed by atoms with Crippen LogP contribution in [0.4, 0.5) is 10.7 Å². The van der Waals surface area contributed by atoms with Crippen LogP contribution in [-0.2, 0) is 32.2 Å². The molecule has 3 aliphatic heterocycles. The van der Waals surface area contributed by atoms with Crippen LogP contribution in [0.25, 0.3) is 0 Å². The third kappa shape index (κ3) is 3.95. The average molecular weight is 405 g/mol. The van der Waals surface area contributed by atoms with Gasteiger partial charge in [-0.15, -0.1) is 0 Å². The summed E-state index contributed by atoms with van der Waals surface area (Å²) in [5, 5.41) is 9.28. The van der Waals surface area contributed by atoms with E-state index < -0.39 is 24.2 Å². The zero-order chi connectivity index (χ0) is 20.5. The number of nitrogens with zero attached hydrogens (tertiary/aromatic N) is 5. The van der Waals surface area contributed by atoms with E-state index in [0.29, 0.717) is 32.3 Å². The first kappa shape index (κ1) is 19.4. The molecule has 4 rings (SSSR count). The standard InChI is InChI=1S/C18H23N5O6/c1-11(24)23-9-13(6-15(23)16(25)26)29-18(27)22-8-12-7-19-17(20-14(12)10-22)21-2-4-28-5-3-21/h7,13,15H,2-6,8-10H2,1H3,(H,25,26)/t13-,15+/m1/s1. The van der Waals surface area contributed by atoms with Crippen LogP contribution >= 0.6 is 0 Å². The third-order valence-corrected chi connectivity index (χ3v) is 5.42. The van der Waals surface area contributed by atoms with Gasteiger partial charge in [-0.25, -0.2) is 19.6 Å². The molecule has 29 heavy (non-hydrogen) atoms. The molecule has 0 bridgehead atoms. The highest BCUT2D eigenvalue weighted by molar-refractivity contribution is 5.83. The number of fused-ring (bicyclic) bond motifs is 1. The number of carbonyl (C=O) groups is 3. The van der Waals surface area contributed by atoms with E-state index in [1.165, 1.54) is 16.7 Å². The van der Waals surface area contributed by atoms with Crippen LogP contribution in [0, 0.1) is 0 Å². The van der Waals surface area contributed by atoms with Gasteiger partial charge in [0.15, 0.2) is 0 Å². The van der Waals surface area contributed by atoms with Crippen molar-refractivity contribution < 1.29 is 29.0 Å². The summed E-state index contributed by atoms with van der Waals surface area (Å²) in [6.07, 6.45) is 0.623. The molecule has 2 amide bonds. The number of morpholine rings is 1. The third-order valence-electron chi connectivity index (χ3n) is 5.42. The van der Waals surface area contributed by atoms with E-state index in [1.807, 2.05) is 4.90 Å². The Morgan fingerprint density at radius 3 is 2.66 bits per heavy atom. The molecule has 3 aliphatic rings. The Kier molecular flexibility index (Phi) is 5.22. The fraction of sp³-hybridized carbons (Fsp3) is 0.611. The van der Waals surface area contributed by atoms with Gasteiger partial charge >= 0.3 is 12.1 Å². The molecule has 11 nitrogen and oxygen atoms in total. The molecule has 2 saturated heterocycles. The number of carboxylic acids is 1. The lowest BCUT2D eigenvalue weighted by Gasteiger charge is -2.26. The monoisotopic (exact) mass is 405 g/mol. The topological polar surface area (TPSA) is 125 Å². The number of carbonyl (C=O) groups excluding carboxylic acids is 2. The second-order valence-corrected chi connectivity index (χ2v) is 7.36. The van der Waals surface area contributed by atoms with Crippen LogP contribution in [0.2, 0.25) is 0 Å². The number of ether oxygens (including phenoxy) is 2. The summed E-state index contributed by atoms with van der Waals surface area (Å²) in [5.74, 6) is -0.826. The van der Waals surface area contributed by atoms with Gasteiger partial charge in [0.25, 0.3) is 0 Å². The highest BCUT2D eigenvalue weighted by Gasteiger charge is 2.41. The Balaban J connectivity index is 1.37. The van der Waals surface area contributed by atoms with Crippen molar-refractivity contribution in [2.24, 2.45) is 0 Å². The van der Waals surface area contributed by atoms with Gasteiger partial charge < -0.3 is 24.4 Å². The van der Waals surface area contributed by atoms with Crippen molar-refractivity contribution in [3.8, 4) is 0 Å². The summed E-state index contributed by atoms with van der Waals surface area (Å²) in [6.45, 7) is 4.75. The summed E-state index contributed by atoms with van der Waals surface area (Å²) < 4.78 is 10.8. The predicted molar refractivity (Wildman–Crippen MR) is 98.0 cm³/mol. The second-order valence-electron chi connectivity index (χ2n) is 7.36. The van der Waals surface area contributed by atoms with E-state index in [2.05, 4.69) is 9.97 Å². The number of amides is 2. The van der Waals surface area contributed by atoms with Crippen molar-refractivity contribution in [2.75, 3.05) is 37.7 Å². The van der Waals surface area contributed by atoms with E-state index in [0.717, 1.165) is 24.3 Å². The number of carboxylic acid groups (broad SMARTS) is 1. The largest absolute Gasteiger partial charge is 0.480 e. The van der Waals surface area contributed by atoms with Crippen LogP contribution in [-0.4, -0.2) is 87.8 Å². The number of aromatic nitrogens is 2. The minimum absolute atomic E-state index is 0.0831. The molecule has 0 saturated carbocycles. The molecule has 2 fully saturated rings. The van der Waals surface area contributed by atoms with E-state index in [-0.39, 0.29) is 18.9 Å². The van der Waals surface area contributed by atoms with E-state index in [4.69, 9.17) is 9.47 Å². The molecule has 0 aliphatic carbocycles. The van der Waals surface area contributed by atoms with Gasteiger partial charge in [-0.2, -0.15) is 0 Å². The van der Waals surface area contributed by atoms with Crippen LogP contribution < -0.4 is 4.90 Å². The van der Waals surface area contributed by atoms with Crippen LogP contribution in [0.3, 0.4) is 0 Å². The molecule has 1 N–H and O–H groups in total. The highest BCUT2D eigenvalue weighted by Crippen LogP contribution is 2.26. The minimum atomic E-state index is -1.10.